The summed E-state index contributed by atoms with van der Waals surface area (Å²) in [5.41, 5.74) is 25.1. The Kier molecular flexibility index (Phi) is 11.7. The lowest BCUT2D eigenvalue weighted by Crippen LogP contribution is -2.17. The zero-order valence-corrected chi connectivity index (χ0v) is 46.2. The van der Waals surface area contributed by atoms with Crippen molar-refractivity contribution in [3.8, 4) is 45.4 Å². The molecule has 0 amide bonds. The van der Waals surface area contributed by atoms with Crippen molar-refractivity contribution in [2.24, 2.45) is 0 Å². The lowest BCUT2D eigenvalue weighted by molar-refractivity contribution is 0.590. The highest BCUT2D eigenvalue weighted by molar-refractivity contribution is 6.13. The molecule has 0 aliphatic carbocycles. The smallest absolute Gasteiger partial charge is 0.165 e. The highest BCUT2D eigenvalue weighted by atomic mass is 15.2. The van der Waals surface area contributed by atoms with Crippen molar-refractivity contribution >= 4 is 60.5 Å². The number of pyridine rings is 1. The van der Waals surface area contributed by atoms with Crippen LogP contribution in [0, 0.1) is 13.8 Å². The molecular formula is C70H67N7. The number of anilines is 1. The minimum Gasteiger partial charge on any atom is -0.382 e. The SMILES string of the molecule is Cc1cccc(C(C)(C)C)ccc(C)n1-c1c(-n2c3ccccc3c3cc(C(C)(C)C)ccc32)nc(N)c(-n2c3ccccc3c3cc(C(C)(C)C)ccc32)c1-c1ccccc1-c1nc2ccccc2n1-c1ccccc1. The fourth-order valence-electron chi connectivity index (χ4n) is 11.5. The third-order valence-corrected chi connectivity index (χ3v) is 15.6. The number of fused-ring (bicyclic) bond motifs is 7. The summed E-state index contributed by atoms with van der Waals surface area (Å²) >= 11 is 0. The van der Waals surface area contributed by atoms with Crippen molar-refractivity contribution in [3.63, 3.8) is 0 Å². The molecular weight excluding hydrogens is 939 g/mol. The van der Waals surface area contributed by atoms with Crippen LogP contribution < -0.4 is 5.73 Å². The van der Waals surface area contributed by atoms with Gasteiger partial charge in [0.25, 0.3) is 0 Å². The number of nitrogen functional groups attached to an aromatic ring is 1. The Morgan fingerprint density at radius 2 is 0.857 bits per heavy atom. The second-order valence-electron chi connectivity index (χ2n) is 23.9. The number of rotatable bonds is 6. The first-order valence-electron chi connectivity index (χ1n) is 27.0. The zero-order valence-electron chi connectivity index (χ0n) is 46.2. The maximum Gasteiger partial charge on any atom is 0.165 e. The summed E-state index contributed by atoms with van der Waals surface area (Å²) in [6.07, 6.45) is 0. The van der Waals surface area contributed by atoms with Crippen molar-refractivity contribution in [1.82, 2.24) is 28.2 Å². The van der Waals surface area contributed by atoms with Gasteiger partial charge in [0, 0.05) is 49.7 Å². The predicted molar refractivity (Wildman–Crippen MR) is 325 cm³/mol. The Hall–Kier alpha value is -8.68. The fourth-order valence-corrected chi connectivity index (χ4v) is 11.5. The van der Waals surface area contributed by atoms with Gasteiger partial charge in [0.05, 0.1) is 44.5 Å². The minimum atomic E-state index is -0.0993. The first kappa shape index (κ1) is 49.2. The predicted octanol–water partition coefficient (Wildman–Crippen LogP) is 18.0. The lowest BCUT2D eigenvalue weighted by atomic mass is 9.86. The standard InChI is InChI=1S/C70H67N7/c1-44-24-23-25-46(68(3,4)5)37-36-45(2)74(44)64-62(52-30-15-16-31-53(52)66-72-56-32-19-22-35-61(56)75(66)49-26-13-12-14-27-49)63(76-57-33-20-17-28-50(57)54-42-47(69(6,7)8)38-40-59(54)76)65(71)73-67(64)77-58-34-21-18-29-51(58)55-43-48(70(9,10)11)39-41-60(55)77/h12-43H,1-11H3,(H2,71,73). The Morgan fingerprint density at radius 3 is 1.48 bits per heavy atom. The first-order chi connectivity index (χ1) is 36.9. The van der Waals surface area contributed by atoms with E-state index in [1.165, 1.54) is 16.7 Å². The number of nitrogens with zero attached hydrogens (tertiary/aromatic N) is 6. The average molecular weight is 1010 g/mol. The van der Waals surface area contributed by atoms with E-state index in [4.69, 9.17) is 15.7 Å². The monoisotopic (exact) mass is 1010 g/mol. The summed E-state index contributed by atoms with van der Waals surface area (Å²) in [6.45, 7) is 24.9. The largest absolute Gasteiger partial charge is 0.382 e. The Bertz CT molecular complexity index is 4360. The van der Waals surface area contributed by atoms with E-state index in [9.17, 15) is 0 Å². The molecule has 0 radical (unpaired) electrons. The number of para-hydroxylation sites is 5. The van der Waals surface area contributed by atoms with E-state index >= 15 is 0 Å². The highest BCUT2D eigenvalue weighted by Crippen LogP contribution is 2.49. The number of hydrogen-bond donors (Lipinski definition) is 1. The van der Waals surface area contributed by atoms with Crippen LogP contribution in [-0.2, 0) is 16.2 Å². The van der Waals surface area contributed by atoms with Gasteiger partial charge in [0.15, 0.2) is 11.6 Å². The quantitative estimate of drug-likeness (QED) is 0.180. The van der Waals surface area contributed by atoms with Crippen LogP contribution in [0.15, 0.2) is 194 Å². The topological polar surface area (TPSA) is 71.5 Å². The summed E-state index contributed by atoms with van der Waals surface area (Å²) in [4.78, 5) is 11.4. The molecule has 0 aliphatic heterocycles. The van der Waals surface area contributed by atoms with Crippen molar-refractivity contribution in [3.05, 3.63) is 222 Å². The molecule has 0 saturated carbocycles. The number of aromatic nitrogens is 6. The van der Waals surface area contributed by atoms with Gasteiger partial charge in [-0.05, 0) is 125 Å². The van der Waals surface area contributed by atoms with Gasteiger partial charge in [-0.2, -0.15) is 0 Å². The third kappa shape index (κ3) is 8.27. The van der Waals surface area contributed by atoms with E-state index in [-0.39, 0.29) is 16.2 Å². The molecule has 7 aromatic carbocycles. The van der Waals surface area contributed by atoms with Crippen LogP contribution in [-0.4, -0.2) is 28.2 Å². The normalized spacial score (nSPS) is 12.4. The number of imidazole rings is 1. The molecule has 382 valence electrons. The summed E-state index contributed by atoms with van der Waals surface area (Å²) in [5, 5.41) is 4.59. The van der Waals surface area contributed by atoms with E-state index < -0.39 is 0 Å². The third-order valence-electron chi connectivity index (χ3n) is 15.6. The lowest BCUT2D eigenvalue weighted by Gasteiger charge is -2.27. The Morgan fingerprint density at radius 1 is 0.364 bits per heavy atom. The van der Waals surface area contributed by atoms with Crippen molar-refractivity contribution < 1.29 is 0 Å². The van der Waals surface area contributed by atoms with Gasteiger partial charge in [-0.25, -0.2) is 9.97 Å². The first-order valence-corrected chi connectivity index (χ1v) is 27.0. The molecule has 0 spiro atoms. The second kappa shape index (κ2) is 18.3. The van der Waals surface area contributed by atoms with Gasteiger partial charge >= 0.3 is 0 Å². The number of nitrogens with two attached hydrogens (primary N) is 1. The molecule has 5 aromatic heterocycles. The van der Waals surface area contributed by atoms with E-state index in [1.54, 1.807) is 0 Å². The van der Waals surface area contributed by atoms with E-state index in [0.29, 0.717) is 11.6 Å². The van der Waals surface area contributed by atoms with Crippen molar-refractivity contribution in [2.45, 2.75) is 92.4 Å². The average Bonchev–Trinajstić information content (AvgIpc) is 4.33. The Balaban J connectivity index is 1.35. The zero-order chi connectivity index (χ0) is 53.7. The number of benzene rings is 7. The van der Waals surface area contributed by atoms with Crippen LogP contribution in [0.2, 0.25) is 0 Å². The molecule has 0 saturated heterocycles. The summed E-state index contributed by atoms with van der Waals surface area (Å²) < 4.78 is 9.46. The van der Waals surface area contributed by atoms with Gasteiger partial charge in [-0.3, -0.25) is 9.13 Å². The van der Waals surface area contributed by atoms with Crippen LogP contribution in [0.4, 0.5) is 5.82 Å². The summed E-state index contributed by atoms with van der Waals surface area (Å²) in [5.74, 6) is 1.92. The van der Waals surface area contributed by atoms with Crippen molar-refractivity contribution in [1.29, 1.82) is 0 Å². The maximum atomic E-state index is 7.96. The van der Waals surface area contributed by atoms with E-state index in [2.05, 4.69) is 289 Å². The molecule has 0 unspecified atom stereocenters. The van der Waals surface area contributed by atoms with Gasteiger partial charge in [-0.1, -0.05) is 184 Å². The fraction of sp³-hybridized carbons (Fsp3) is 0.200. The molecule has 12 aromatic rings. The molecule has 12 rings (SSSR count). The number of aryl methyl sites for hydroxylation is 2. The van der Waals surface area contributed by atoms with Gasteiger partial charge in [0.1, 0.15) is 5.82 Å². The molecule has 77 heavy (non-hydrogen) atoms. The molecule has 0 aliphatic rings. The van der Waals surface area contributed by atoms with Crippen LogP contribution in [0.3, 0.4) is 0 Å². The molecule has 0 fully saturated rings. The van der Waals surface area contributed by atoms with Gasteiger partial charge in [0.2, 0.25) is 0 Å². The molecule has 5 heterocycles. The summed E-state index contributed by atoms with van der Waals surface area (Å²) in [7, 11) is 0. The Labute approximate surface area is 452 Å². The van der Waals surface area contributed by atoms with Crippen LogP contribution in [0.1, 0.15) is 90.4 Å². The van der Waals surface area contributed by atoms with Gasteiger partial charge < -0.3 is 14.9 Å². The maximum absolute atomic E-state index is 7.96. The van der Waals surface area contributed by atoms with Crippen molar-refractivity contribution in [2.75, 3.05) is 5.73 Å². The molecule has 0 atom stereocenters. The molecule has 0 bridgehead atoms. The molecule has 7 nitrogen and oxygen atoms in total. The van der Waals surface area contributed by atoms with Crippen LogP contribution in [0.25, 0.3) is 100 Å². The summed E-state index contributed by atoms with van der Waals surface area (Å²) in [6, 6.07) is 70.4. The second-order valence-corrected chi connectivity index (χ2v) is 23.9. The number of hydrogen-bond acceptors (Lipinski definition) is 3. The molecule has 2 N–H and O–H groups in total. The minimum absolute atomic E-state index is 0.0736. The van der Waals surface area contributed by atoms with Gasteiger partial charge in [-0.15, -0.1) is 0 Å². The van der Waals surface area contributed by atoms with E-state index in [0.717, 1.165) is 106 Å². The van der Waals surface area contributed by atoms with Crippen LogP contribution in [0.5, 0.6) is 0 Å². The molecule has 7 heteroatoms. The highest BCUT2D eigenvalue weighted by Gasteiger charge is 2.32. The van der Waals surface area contributed by atoms with Crippen LogP contribution >= 0.6 is 0 Å². The van der Waals surface area contributed by atoms with E-state index in [1.807, 2.05) is 0 Å².